The van der Waals surface area contributed by atoms with E-state index in [9.17, 15) is 4.79 Å². The van der Waals surface area contributed by atoms with Crippen molar-refractivity contribution in [2.24, 2.45) is 0 Å². The van der Waals surface area contributed by atoms with Crippen molar-refractivity contribution in [2.75, 3.05) is 17.2 Å². The van der Waals surface area contributed by atoms with Gasteiger partial charge in [0.15, 0.2) is 10.9 Å². The van der Waals surface area contributed by atoms with E-state index in [1.807, 2.05) is 24.3 Å². The Bertz CT molecular complexity index is 914. The third-order valence-electron chi connectivity index (χ3n) is 3.53. The minimum Gasteiger partial charge on any atom is -0.462 e. The Labute approximate surface area is 166 Å². The van der Waals surface area contributed by atoms with Gasteiger partial charge in [-0.3, -0.25) is 4.98 Å². The third-order valence-corrected chi connectivity index (χ3v) is 4.79. The maximum Gasteiger partial charge on any atom is 0.341 e. The monoisotopic (exact) mass is 398 g/mol. The summed E-state index contributed by atoms with van der Waals surface area (Å²) in [6.07, 6.45) is 5.44. The molecule has 3 aromatic rings. The molecule has 2 heterocycles. The van der Waals surface area contributed by atoms with Crippen molar-refractivity contribution in [1.29, 1.82) is 0 Å². The number of ether oxygens (including phenoxy) is 1. The van der Waals surface area contributed by atoms with Crippen LogP contribution in [0.1, 0.15) is 27.7 Å². The molecule has 0 unspecified atom stereocenters. The van der Waals surface area contributed by atoms with Gasteiger partial charge in [-0.15, -0.1) is 11.3 Å². The standard InChI is InChI=1S/C19H18N4O2S2/c1-2-25-18(24)15-11-14(10-13-6-4-3-5-7-13)27-17(15)23-19(26)22-16-12-20-8-9-21-16/h3-9,11-12H,2,10H2,1H3,(H2,21,22,23,26). The molecular weight excluding hydrogens is 380 g/mol. The quantitative estimate of drug-likeness (QED) is 0.478. The SMILES string of the molecule is CCOC(=O)c1cc(Cc2ccccc2)sc1NC(=S)Nc1cnccn1. The van der Waals surface area contributed by atoms with E-state index in [0.29, 0.717) is 28.1 Å². The van der Waals surface area contributed by atoms with Gasteiger partial charge in [-0.2, -0.15) is 0 Å². The Morgan fingerprint density at radius 2 is 2.04 bits per heavy atom. The van der Waals surface area contributed by atoms with Crippen LogP contribution in [0.25, 0.3) is 0 Å². The fraction of sp³-hybridized carbons (Fsp3) is 0.158. The predicted octanol–water partition coefficient (Wildman–Crippen LogP) is 4.11. The number of rotatable bonds is 6. The lowest BCUT2D eigenvalue weighted by Crippen LogP contribution is -2.20. The topological polar surface area (TPSA) is 76.1 Å². The third kappa shape index (κ3) is 5.32. The molecular formula is C19H18N4O2S2. The maximum atomic E-state index is 12.3. The molecule has 3 rings (SSSR count). The summed E-state index contributed by atoms with van der Waals surface area (Å²) in [5, 5.41) is 6.99. The van der Waals surface area contributed by atoms with Gasteiger partial charge in [0.2, 0.25) is 0 Å². The Hall–Kier alpha value is -2.84. The van der Waals surface area contributed by atoms with Crippen LogP contribution in [0.2, 0.25) is 0 Å². The Morgan fingerprint density at radius 3 is 2.74 bits per heavy atom. The molecule has 0 saturated carbocycles. The van der Waals surface area contributed by atoms with Crippen LogP contribution in [0.5, 0.6) is 0 Å². The second kappa shape index (κ2) is 9.20. The van der Waals surface area contributed by atoms with E-state index in [1.54, 1.807) is 25.5 Å². The lowest BCUT2D eigenvalue weighted by Gasteiger charge is -2.09. The first-order valence-corrected chi connectivity index (χ1v) is 9.56. The highest BCUT2D eigenvalue weighted by molar-refractivity contribution is 7.80. The number of hydrogen-bond donors (Lipinski definition) is 2. The number of thiophene rings is 1. The van der Waals surface area contributed by atoms with Gasteiger partial charge in [0.1, 0.15) is 5.00 Å². The number of thiocarbonyl (C=S) groups is 1. The number of nitrogens with zero attached hydrogens (tertiary/aromatic N) is 2. The maximum absolute atomic E-state index is 12.3. The van der Waals surface area contributed by atoms with Crippen LogP contribution in [-0.2, 0) is 11.2 Å². The highest BCUT2D eigenvalue weighted by Gasteiger charge is 2.18. The summed E-state index contributed by atoms with van der Waals surface area (Å²) in [6.45, 7) is 2.09. The molecule has 6 nitrogen and oxygen atoms in total. The van der Waals surface area contributed by atoms with Crippen LogP contribution in [0, 0.1) is 0 Å². The summed E-state index contributed by atoms with van der Waals surface area (Å²) >= 11 is 6.80. The van der Waals surface area contributed by atoms with Crippen LogP contribution < -0.4 is 10.6 Å². The van der Waals surface area contributed by atoms with Crippen molar-refractivity contribution in [2.45, 2.75) is 13.3 Å². The summed E-state index contributed by atoms with van der Waals surface area (Å²) < 4.78 is 5.17. The Kier molecular flexibility index (Phi) is 6.45. The van der Waals surface area contributed by atoms with E-state index < -0.39 is 0 Å². The van der Waals surface area contributed by atoms with E-state index in [0.717, 1.165) is 11.3 Å². The van der Waals surface area contributed by atoms with E-state index in [-0.39, 0.29) is 5.97 Å². The van der Waals surface area contributed by atoms with Gasteiger partial charge >= 0.3 is 5.97 Å². The zero-order valence-electron chi connectivity index (χ0n) is 14.6. The molecule has 0 bridgehead atoms. The zero-order valence-corrected chi connectivity index (χ0v) is 16.3. The average molecular weight is 399 g/mol. The zero-order chi connectivity index (χ0) is 19.1. The van der Waals surface area contributed by atoms with Gasteiger partial charge in [0, 0.05) is 23.7 Å². The largest absolute Gasteiger partial charge is 0.462 e. The predicted molar refractivity (Wildman–Crippen MR) is 111 cm³/mol. The van der Waals surface area contributed by atoms with Crippen molar-refractivity contribution < 1.29 is 9.53 Å². The van der Waals surface area contributed by atoms with Crippen molar-refractivity contribution in [3.63, 3.8) is 0 Å². The lowest BCUT2D eigenvalue weighted by molar-refractivity contribution is 0.0528. The number of hydrogen-bond acceptors (Lipinski definition) is 6. The summed E-state index contributed by atoms with van der Waals surface area (Å²) in [6, 6.07) is 11.9. The Balaban J connectivity index is 1.79. The molecule has 0 atom stereocenters. The molecule has 0 aliphatic rings. The van der Waals surface area contributed by atoms with E-state index in [1.165, 1.54) is 16.9 Å². The summed E-state index contributed by atoms with van der Waals surface area (Å²) in [5.74, 6) is 0.145. The number of aromatic nitrogens is 2. The number of carbonyl (C=O) groups is 1. The molecule has 0 aliphatic heterocycles. The van der Waals surface area contributed by atoms with Crippen molar-refractivity contribution in [3.8, 4) is 0 Å². The number of carbonyl (C=O) groups excluding carboxylic acids is 1. The minimum atomic E-state index is -0.377. The molecule has 0 radical (unpaired) electrons. The lowest BCUT2D eigenvalue weighted by atomic mass is 10.1. The number of esters is 1. The molecule has 138 valence electrons. The number of benzene rings is 1. The molecule has 2 N–H and O–H groups in total. The van der Waals surface area contributed by atoms with Crippen molar-refractivity contribution in [1.82, 2.24) is 9.97 Å². The molecule has 0 aliphatic carbocycles. The van der Waals surface area contributed by atoms with Crippen LogP contribution in [0.15, 0.2) is 55.0 Å². The first-order chi connectivity index (χ1) is 13.2. The van der Waals surface area contributed by atoms with Crippen LogP contribution >= 0.6 is 23.6 Å². The number of anilines is 2. The molecule has 1 aromatic carbocycles. The normalized spacial score (nSPS) is 10.3. The van der Waals surface area contributed by atoms with Gasteiger partial charge in [-0.1, -0.05) is 30.3 Å². The first-order valence-electron chi connectivity index (χ1n) is 8.33. The highest BCUT2D eigenvalue weighted by atomic mass is 32.1. The summed E-state index contributed by atoms with van der Waals surface area (Å²) in [5.41, 5.74) is 1.64. The average Bonchev–Trinajstić information content (AvgIpc) is 3.05. The molecule has 0 fully saturated rings. The van der Waals surface area contributed by atoms with Crippen LogP contribution in [-0.4, -0.2) is 27.7 Å². The minimum absolute atomic E-state index is 0.310. The van der Waals surface area contributed by atoms with Gasteiger partial charge in [0.05, 0.1) is 18.4 Å². The first kappa shape index (κ1) is 18.9. The smallest absolute Gasteiger partial charge is 0.341 e. The van der Waals surface area contributed by atoms with Gasteiger partial charge < -0.3 is 15.4 Å². The highest BCUT2D eigenvalue weighted by Crippen LogP contribution is 2.30. The van der Waals surface area contributed by atoms with Gasteiger partial charge in [0.25, 0.3) is 0 Å². The van der Waals surface area contributed by atoms with Crippen LogP contribution in [0.3, 0.4) is 0 Å². The molecule has 27 heavy (non-hydrogen) atoms. The molecule has 0 spiro atoms. The van der Waals surface area contributed by atoms with Gasteiger partial charge in [-0.05, 0) is 30.8 Å². The van der Waals surface area contributed by atoms with E-state index >= 15 is 0 Å². The molecule has 0 amide bonds. The van der Waals surface area contributed by atoms with E-state index in [4.69, 9.17) is 17.0 Å². The second-order valence-electron chi connectivity index (χ2n) is 5.51. The van der Waals surface area contributed by atoms with Crippen molar-refractivity contribution in [3.05, 3.63) is 71.0 Å². The Morgan fingerprint density at radius 1 is 1.22 bits per heavy atom. The molecule has 0 saturated heterocycles. The summed E-state index contributed by atoms with van der Waals surface area (Å²) in [4.78, 5) is 21.5. The van der Waals surface area contributed by atoms with E-state index in [2.05, 4.69) is 32.7 Å². The fourth-order valence-corrected chi connectivity index (χ4v) is 3.75. The van der Waals surface area contributed by atoms with Crippen molar-refractivity contribution >= 4 is 45.5 Å². The second-order valence-corrected chi connectivity index (χ2v) is 7.05. The molecule has 8 heteroatoms. The van der Waals surface area contributed by atoms with Gasteiger partial charge in [-0.25, -0.2) is 9.78 Å². The van der Waals surface area contributed by atoms with Crippen LogP contribution in [0.4, 0.5) is 10.8 Å². The molecule has 2 aromatic heterocycles. The fourth-order valence-electron chi connectivity index (χ4n) is 2.39. The summed E-state index contributed by atoms with van der Waals surface area (Å²) in [7, 11) is 0. The number of nitrogens with one attached hydrogen (secondary N) is 2.